The molecule has 2 aromatic rings. The number of piperidine rings is 1. The molecule has 0 spiro atoms. The second-order valence-electron chi connectivity index (χ2n) is 5.93. The number of aromatic nitrogens is 2. The van der Waals surface area contributed by atoms with Crippen LogP contribution in [0.15, 0.2) is 36.5 Å². The fourth-order valence-electron chi connectivity index (χ4n) is 3.06. The molecule has 1 aromatic carbocycles. The highest BCUT2D eigenvalue weighted by molar-refractivity contribution is 6.30. The Morgan fingerprint density at radius 1 is 1.39 bits per heavy atom. The van der Waals surface area contributed by atoms with E-state index < -0.39 is 6.10 Å². The Labute approximate surface area is 140 Å². The highest BCUT2D eigenvalue weighted by Crippen LogP contribution is 2.22. The molecule has 1 saturated heterocycles. The van der Waals surface area contributed by atoms with Gasteiger partial charge in [0.05, 0.1) is 17.8 Å². The largest absolute Gasteiger partial charge is 0.391 e. The van der Waals surface area contributed by atoms with Crippen molar-refractivity contribution in [3.63, 3.8) is 0 Å². The molecule has 0 aliphatic carbocycles. The number of benzene rings is 1. The fourth-order valence-corrected chi connectivity index (χ4v) is 3.24. The molecule has 1 fully saturated rings. The first-order valence-electron chi connectivity index (χ1n) is 7.87. The molecular formula is C17H20ClN3O2. The lowest BCUT2D eigenvalue weighted by molar-refractivity contribution is 0.0276. The smallest absolute Gasteiger partial charge is 0.274 e. The molecule has 0 radical (unpaired) electrons. The van der Waals surface area contributed by atoms with E-state index in [9.17, 15) is 9.90 Å². The molecule has 6 heteroatoms. The summed E-state index contributed by atoms with van der Waals surface area (Å²) in [4.78, 5) is 14.5. The molecule has 5 nitrogen and oxygen atoms in total. The molecule has 1 aliphatic rings. The number of likely N-dealkylation sites (tertiary alicyclic amines) is 1. The van der Waals surface area contributed by atoms with Crippen molar-refractivity contribution >= 4 is 17.5 Å². The zero-order chi connectivity index (χ0) is 16.4. The first-order valence-corrected chi connectivity index (χ1v) is 8.25. The second kappa shape index (κ2) is 6.72. The van der Waals surface area contributed by atoms with Gasteiger partial charge in [-0.1, -0.05) is 17.7 Å². The van der Waals surface area contributed by atoms with Gasteiger partial charge in [0.15, 0.2) is 5.69 Å². The normalized spacial score (nSPS) is 19.6. The number of carbonyl (C=O) groups excluding carboxylic acids is 1. The first-order chi connectivity index (χ1) is 11.1. The van der Waals surface area contributed by atoms with Gasteiger partial charge >= 0.3 is 0 Å². The third-order valence-corrected chi connectivity index (χ3v) is 4.48. The monoisotopic (exact) mass is 333 g/mol. The summed E-state index contributed by atoms with van der Waals surface area (Å²) in [5.41, 5.74) is 1.19. The molecule has 1 amide bonds. The highest BCUT2D eigenvalue weighted by Gasteiger charge is 2.31. The van der Waals surface area contributed by atoms with Crippen LogP contribution in [0.25, 0.3) is 5.69 Å². The molecule has 122 valence electrons. The van der Waals surface area contributed by atoms with Crippen molar-refractivity contribution in [3.05, 3.63) is 47.2 Å². The van der Waals surface area contributed by atoms with Crippen LogP contribution in [0.4, 0.5) is 0 Å². The minimum absolute atomic E-state index is 0.128. The first kappa shape index (κ1) is 16.0. The van der Waals surface area contributed by atoms with E-state index in [0.717, 1.165) is 24.9 Å². The number of rotatable bonds is 3. The molecule has 1 aromatic heterocycles. The number of amides is 1. The summed E-state index contributed by atoms with van der Waals surface area (Å²) in [6.07, 6.45) is 4.05. The van der Waals surface area contributed by atoms with Gasteiger partial charge in [0.25, 0.3) is 5.91 Å². The van der Waals surface area contributed by atoms with Crippen LogP contribution in [0.3, 0.4) is 0 Å². The number of halogens is 1. The van der Waals surface area contributed by atoms with E-state index >= 15 is 0 Å². The molecule has 1 N–H and O–H groups in total. The predicted octanol–water partition coefficient (Wildman–Crippen LogP) is 2.90. The third kappa shape index (κ3) is 3.41. The van der Waals surface area contributed by atoms with E-state index in [1.54, 1.807) is 40.9 Å². The van der Waals surface area contributed by atoms with Gasteiger partial charge < -0.3 is 10.0 Å². The lowest BCUT2D eigenvalue weighted by atomic mass is 9.98. The van der Waals surface area contributed by atoms with Crippen LogP contribution in [-0.4, -0.2) is 44.4 Å². The summed E-state index contributed by atoms with van der Waals surface area (Å²) in [5, 5.41) is 14.9. The second-order valence-corrected chi connectivity index (χ2v) is 6.36. The van der Waals surface area contributed by atoms with Gasteiger partial charge in [0.2, 0.25) is 0 Å². The van der Waals surface area contributed by atoms with Gasteiger partial charge in [0, 0.05) is 17.8 Å². The zero-order valence-corrected chi connectivity index (χ0v) is 13.8. The van der Waals surface area contributed by atoms with Crippen molar-refractivity contribution in [1.29, 1.82) is 0 Å². The van der Waals surface area contributed by atoms with Gasteiger partial charge in [-0.3, -0.25) is 4.79 Å². The Morgan fingerprint density at radius 2 is 2.22 bits per heavy atom. The van der Waals surface area contributed by atoms with Crippen LogP contribution >= 0.6 is 11.6 Å². The Balaban J connectivity index is 1.83. The van der Waals surface area contributed by atoms with E-state index in [-0.39, 0.29) is 11.9 Å². The number of nitrogens with zero attached hydrogens (tertiary/aromatic N) is 3. The van der Waals surface area contributed by atoms with E-state index in [1.165, 1.54) is 0 Å². The summed E-state index contributed by atoms with van der Waals surface area (Å²) in [6, 6.07) is 8.88. The van der Waals surface area contributed by atoms with Gasteiger partial charge in [0.1, 0.15) is 0 Å². The number of hydrogen-bond donors (Lipinski definition) is 1. The van der Waals surface area contributed by atoms with Crippen molar-refractivity contribution in [2.75, 3.05) is 6.54 Å². The van der Waals surface area contributed by atoms with Crippen molar-refractivity contribution in [1.82, 2.24) is 14.7 Å². The van der Waals surface area contributed by atoms with Crippen LogP contribution in [0.1, 0.15) is 36.7 Å². The fraction of sp³-hybridized carbons (Fsp3) is 0.412. The molecule has 23 heavy (non-hydrogen) atoms. The van der Waals surface area contributed by atoms with E-state index in [1.807, 2.05) is 12.1 Å². The number of aliphatic hydroxyl groups is 1. The minimum Gasteiger partial charge on any atom is -0.391 e. The van der Waals surface area contributed by atoms with Crippen LogP contribution in [0.2, 0.25) is 5.02 Å². The molecule has 2 atom stereocenters. The Morgan fingerprint density at radius 3 is 2.96 bits per heavy atom. The molecule has 1 aliphatic heterocycles. The molecule has 2 heterocycles. The molecule has 0 bridgehead atoms. The molecule has 0 saturated carbocycles. The topological polar surface area (TPSA) is 58.4 Å². The Bertz CT molecular complexity index is 699. The van der Waals surface area contributed by atoms with Crippen LogP contribution in [-0.2, 0) is 0 Å². The average Bonchev–Trinajstić information content (AvgIpc) is 3.04. The lowest BCUT2D eigenvalue weighted by Gasteiger charge is -2.37. The average molecular weight is 334 g/mol. The Hall–Kier alpha value is -1.85. The minimum atomic E-state index is -0.533. The van der Waals surface area contributed by atoms with Crippen molar-refractivity contribution in [2.45, 2.75) is 38.3 Å². The number of carbonyl (C=O) groups is 1. The summed E-state index contributed by atoms with van der Waals surface area (Å²) in [5.74, 6) is -0.128. The van der Waals surface area contributed by atoms with Crippen molar-refractivity contribution < 1.29 is 9.90 Å². The van der Waals surface area contributed by atoms with E-state index in [2.05, 4.69) is 5.10 Å². The van der Waals surface area contributed by atoms with Gasteiger partial charge in [-0.15, -0.1) is 0 Å². The quantitative estimate of drug-likeness (QED) is 0.939. The van der Waals surface area contributed by atoms with Gasteiger partial charge in [-0.05, 0) is 50.5 Å². The van der Waals surface area contributed by atoms with E-state index in [0.29, 0.717) is 17.3 Å². The third-order valence-electron chi connectivity index (χ3n) is 4.25. The number of hydrogen-bond acceptors (Lipinski definition) is 3. The molecule has 3 rings (SSSR count). The lowest BCUT2D eigenvalue weighted by Crippen LogP contribution is -2.49. The summed E-state index contributed by atoms with van der Waals surface area (Å²) < 4.78 is 1.64. The number of aliphatic hydroxyl groups excluding tert-OH is 1. The van der Waals surface area contributed by atoms with Gasteiger partial charge in [-0.25, -0.2) is 4.68 Å². The predicted molar refractivity (Wildman–Crippen MR) is 88.9 cm³/mol. The summed E-state index contributed by atoms with van der Waals surface area (Å²) >= 11 is 6.00. The van der Waals surface area contributed by atoms with Crippen LogP contribution < -0.4 is 0 Å². The van der Waals surface area contributed by atoms with Gasteiger partial charge in [-0.2, -0.15) is 5.10 Å². The summed E-state index contributed by atoms with van der Waals surface area (Å²) in [6.45, 7) is 2.40. The van der Waals surface area contributed by atoms with E-state index in [4.69, 9.17) is 11.6 Å². The zero-order valence-electron chi connectivity index (χ0n) is 13.0. The standard InChI is InChI=1S/C17H20ClN3O2/c1-12(22)16-7-2-3-9-20(16)17(23)15-8-10-21(19-15)14-6-4-5-13(18)11-14/h4-6,8,10-12,16,22H,2-3,7,9H2,1H3. The SMILES string of the molecule is CC(O)C1CCCCN1C(=O)c1ccn(-c2cccc(Cl)c2)n1. The Kier molecular flexibility index (Phi) is 4.68. The van der Waals surface area contributed by atoms with Crippen LogP contribution in [0.5, 0.6) is 0 Å². The maximum absolute atomic E-state index is 12.7. The van der Waals surface area contributed by atoms with Crippen LogP contribution in [0, 0.1) is 0 Å². The maximum Gasteiger partial charge on any atom is 0.274 e. The molecule has 2 unspecified atom stereocenters. The maximum atomic E-state index is 12.7. The summed E-state index contributed by atoms with van der Waals surface area (Å²) in [7, 11) is 0. The highest BCUT2D eigenvalue weighted by atomic mass is 35.5. The van der Waals surface area contributed by atoms with Crippen molar-refractivity contribution in [3.8, 4) is 5.69 Å². The van der Waals surface area contributed by atoms with Crippen molar-refractivity contribution in [2.24, 2.45) is 0 Å². The molecular weight excluding hydrogens is 314 g/mol.